The molecule has 1 aliphatic carbocycles. The Morgan fingerprint density at radius 2 is 2.00 bits per heavy atom. The maximum absolute atomic E-state index is 4.31. The first-order valence-corrected chi connectivity index (χ1v) is 6.29. The van der Waals surface area contributed by atoms with Crippen molar-refractivity contribution in [2.75, 3.05) is 0 Å². The van der Waals surface area contributed by atoms with Crippen LogP contribution in [-0.4, -0.2) is 14.8 Å². The molecule has 3 heteroatoms. The minimum absolute atomic E-state index is 0.668. The van der Waals surface area contributed by atoms with Gasteiger partial charge in [-0.2, -0.15) is 0 Å². The lowest BCUT2D eigenvalue weighted by molar-refractivity contribution is 0.516. The highest BCUT2D eigenvalue weighted by Gasteiger charge is 2.19. The molecule has 1 aromatic rings. The van der Waals surface area contributed by atoms with Gasteiger partial charge in [-0.1, -0.05) is 32.6 Å². The lowest BCUT2D eigenvalue weighted by atomic mass is 9.99. The Balaban J connectivity index is 2.08. The van der Waals surface area contributed by atoms with Crippen LogP contribution < -0.4 is 0 Å². The fourth-order valence-corrected chi connectivity index (χ4v) is 2.53. The Morgan fingerprint density at radius 1 is 1.27 bits per heavy atom. The Labute approximate surface area is 91.9 Å². The van der Waals surface area contributed by atoms with Gasteiger partial charge in [0.05, 0.1) is 0 Å². The van der Waals surface area contributed by atoms with Crippen molar-refractivity contribution < 1.29 is 0 Å². The Bertz CT molecular complexity index is 285. The second-order valence-corrected chi connectivity index (χ2v) is 4.57. The van der Waals surface area contributed by atoms with Gasteiger partial charge >= 0.3 is 0 Å². The summed E-state index contributed by atoms with van der Waals surface area (Å²) in [4.78, 5) is 0. The summed E-state index contributed by atoms with van der Waals surface area (Å²) in [7, 11) is 0. The van der Waals surface area contributed by atoms with Gasteiger partial charge in [-0.25, -0.2) is 0 Å². The van der Waals surface area contributed by atoms with E-state index in [4.69, 9.17) is 0 Å². The van der Waals surface area contributed by atoms with E-state index in [0.29, 0.717) is 5.92 Å². The normalized spacial score (nSPS) is 19.0. The average molecular weight is 207 g/mol. The van der Waals surface area contributed by atoms with Crippen LogP contribution in [0.5, 0.6) is 0 Å². The summed E-state index contributed by atoms with van der Waals surface area (Å²) in [5.74, 6) is 1.90. The van der Waals surface area contributed by atoms with Gasteiger partial charge in [0.2, 0.25) is 0 Å². The predicted octanol–water partition coefficient (Wildman–Crippen LogP) is 3.13. The van der Waals surface area contributed by atoms with E-state index >= 15 is 0 Å². The number of hydrogen-bond acceptors (Lipinski definition) is 2. The largest absolute Gasteiger partial charge is 0.317 e. The zero-order valence-electron chi connectivity index (χ0n) is 9.65. The van der Waals surface area contributed by atoms with E-state index in [9.17, 15) is 0 Å². The van der Waals surface area contributed by atoms with Gasteiger partial charge in [-0.05, 0) is 19.3 Å². The minimum Gasteiger partial charge on any atom is -0.317 e. The molecular formula is C12H21N3. The van der Waals surface area contributed by atoms with Gasteiger partial charge < -0.3 is 4.57 Å². The minimum atomic E-state index is 0.668. The second-order valence-electron chi connectivity index (χ2n) is 4.57. The lowest BCUT2D eigenvalue weighted by Gasteiger charge is -2.14. The highest BCUT2D eigenvalue weighted by Crippen LogP contribution is 2.30. The van der Waals surface area contributed by atoms with Gasteiger partial charge in [0.15, 0.2) is 0 Å². The first kappa shape index (κ1) is 10.7. The molecule has 0 aromatic carbocycles. The van der Waals surface area contributed by atoms with Crippen molar-refractivity contribution in [1.29, 1.82) is 0 Å². The fourth-order valence-electron chi connectivity index (χ4n) is 2.53. The first-order chi connectivity index (χ1) is 7.42. The molecule has 0 bridgehead atoms. The molecule has 0 N–H and O–H groups in total. The summed E-state index contributed by atoms with van der Waals surface area (Å²) in [5.41, 5.74) is 0. The highest BCUT2D eigenvalue weighted by molar-refractivity contribution is 4.97. The molecule has 3 nitrogen and oxygen atoms in total. The number of aromatic nitrogens is 3. The summed E-state index contributed by atoms with van der Waals surface area (Å²) in [6.45, 7) is 3.27. The lowest BCUT2D eigenvalue weighted by Crippen LogP contribution is -2.08. The third-order valence-electron chi connectivity index (χ3n) is 3.33. The van der Waals surface area contributed by atoms with Crippen LogP contribution in [0.3, 0.4) is 0 Å². The summed E-state index contributed by atoms with van der Waals surface area (Å²) in [6, 6.07) is 0. The standard InChI is InChI=1S/C12H21N3/c1-2-9-15-10-13-14-12(15)11-7-5-3-4-6-8-11/h10-11H,2-9H2,1H3. The van der Waals surface area contributed by atoms with Gasteiger partial charge in [0.25, 0.3) is 0 Å². The summed E-state index contributed by atoms with van der Waals surface area (Å²) >= 11 is 0. The van der Waals surface area contributed by atoms with Gasteiger partial charge in [-0.15, -0.1) is 10.2 Å². The van der Waals surface area contributed by atoms with E-state index in [1.54, 1.807) is 0 Å². The highest BCUT2D eigenvalue weighted by atomic mass is 15.3. The van der Waals surface area contributed by atoms with Crippen LogP contribution in [0, 0.1) is 0 Å². The molecule has 1 heterocycles. The van der Waals surface area contributed by atoms with E-state index in [2.05, 4.69) is 21.7 Å². The van der Waals surface area contributed by atoms with Crippen molar-refractivity contribution in [1.82, 2.24) is 14.8 Å². The van der Waals surface area contributed by atoms with E-state index in [1.807, 2.05) is 6.33 Å². The Morgan fingerprint density at radius 3 is 2.67 bits per heavy atom. The number of rotatable bonds is 3. The molecule has 0 unspecified atom stereocenters. The molecule has 1 aromatic heterocycles. The average Bonchev–Trinajstić information content (AvgIpc) is 2.53. The maximum Gasteiger partial charge on any atom is 0.135 e. The van der Waals surface area contributed by atoms with Crippen molar-refractivity contribution in [2.24, 2.45) is 0 Å². The molecule has 0 radical (unpaired) electrons. The summed E-state index contributed by atoms with van der Waals surface area (Å²) in [6.07, 6.45) is 11.2. The third-order valence-corrected chi connectivity index (χ3v) is 3.33. The molecule has 2 rings (SSSR count). The van der Waals surface area contributed by atoms with Crippen LogP contribution >= 0.6 is 0 Å². The molecule has 1 aliphatic rings. The van der Waals surface area contributed by atoms with E-state index in [1.165, 1.54) is 44.3 Å². The van der Waals surface area contributed by atoms with Crippen molar-refractivity contribution in [3.05, 3.63) is 12.2 Å². The van der Waals surface area contributed by atoms with Crippen molar-refractivity contribution >= 4 is 0 Å². The SMILES string of the molecule is CCCn1cnnc1C1CCCCCC1. The molecule has 84 valence electrons. The van der Waals surface area contributed by atoms with Crippen molar-refractivity contribution in [3.63, 3.8) is 0 Å². The summed E-state index contributed by atoms with van der Waals surface area (Å²) < 4.78 is 2.25. The monoisotopic (exact) mass is 207 g/mol. The van der Waals surface area contributed by atoms with Gasteiger partial charge in [0, 0.05) is 12.5 Å². The van der Waals surface area contributed by atoms with Crippen LogP contribution in [0.4, 0.5) is 0 Å². The van der Waals surface area contributed by atoms with Crippen molar-refractivity contribution in [2.45, 2.75) is 64.3 Å². The predicted molar refractivity (Wildman–Crippen MR) is 60.8 cm³/mol. The quantitative estimate of drug-likeness (QED) is 0.713. The number of aryl methyl sites for hydroxylation is 1. The molecule has 0 atom stereocenters. The third kappa shape index (κ3) is 2.58. The first-order valence-electron chi connectivity index (χ1n) is 6.29. The van der Waals surface area contributed by atoms with Gasteiger partial charge in [-0.3, -0.25) is 0 Å². The van der Waals surface area contributed by atoms with Crippen LogP contribution in [0.1, 0.15) is 63.6 Å². The smallest absolute Gasteiger partial charge is 0.135 e. The van der Waals surface area contributed by atoms with E-state index in [-0.39, 0.29) is 0 Å². The Hall–Kier alpha value is -0.860. The molecule has 0 saturated heterocycles. The van der Waals surface area contributed by atoms with E-state index in [0.717, 1.165) is 13.0 Å². The van der Waals surface area contributed by atoms with E-state index < -0.39 is 0 Å². The number of hydrogen-bond donors (Lipinski definition) is 0. The van der Waals surface area contributed by atoms with Crippen LogP contribution in [0.25, 0.3) is 0 Å². The van der Waals surface area contributed by atoms with Crippen LogP contribution in [0.2, 0.25) is 0 Å². The zero-order chi connectivity index (χ0) is 10.5. The molecule has 1 fully saturated rings. The number of nitrogens with zero attached hydrogens (tertiary/aromatic N) is 3. The summed E-state index contributed by atoms with van der Waals surface area (Å²) in [5, 5.41) is 8.37. The molecule has 1 saturated carbocycles. The molecule has 0 spiro atoms. The molecular weight excluding hydrogens is 186 g/mol. The Kier molecular flexibility index (Phi) is 3.75. The van der Waals surface area contributed by atoms with Gasteiger partial charge in [0.1, 0.15) is 12.2 Å². The molecule has 0 aliphatic heterocycles. The van der Waals surface area contributed by atoms with Crippen molar-refractivity contribution in [3.8, 4) is 0 Å². The maximum atomic E-state index is 4.31. The van der Waals surface area contributed by atoms with Crippen LogP contribution in [-0.2, 0) is 6.54 Å². The molecule has 15 heavy (non-hydrogen) atoms. The fraction of sp³-hybridized carbons (Fsp3) is 0.833. The topological polar surface area (TPSA) is 30.7 Å². The van der Waals surface area contributed by atoms with Crippen LogP contribution in [0.15, 0.2) is 6.33 Å². The second kappa shape index (κ2) is 5.29. The molecule has 0 amide bonds. The zero-order valence-corrected chi connectivity index (χ0v) is 9.65.